The summed E-state index contributed by atoms with van der Waals surface area (Å²) in [4.78, 5) is 28.5. The molecular formula is C16H25N3O3. The molecule has 0 bridgehead atoms. The van der Waals surface area contributed by atoms with Crippen molar-refractivity contribution in [3.05, 3.63) is 33.7 Å². The van der Waals surface area contributed by atoms with E-state index in [-0.39, 0.29) is 24.1 Å². The molecule has 22 heavy (non-hydrogen) atoms. The Morgan fingerprint density at radius 2 is 2.27 bits per heavy atom. The van der Waals surface area contributed by atoms with Crippen LogP contribution < -0.4 is 10.9 Å². The summed E-state index contributed by atoms with van der Waals surface area (Å²) in [6.07, 6.45) is 3.93. The number of aryl methyl sites for hydroxylation is 1. The molecule has 0 aromatic carbocycles. The number of hydrogen-bond donors (Lipinski definition) is 3. The van der Waals surface area contributed by atoms with E-state index < -0.39 is 0 Å². The van der Waals surface area contributed by atoms with E-state index in [1.807, 2.05) is 6.92 Å². The molecular weight excluding hydrogens is 282 g/mol. The van der Waals surface area contributed by atoms with Gasteiger partial charge >= 0.3 is 0 Å². The number of aliphatic hydroxyl groups is 1. The van der Waals surface area contributed by atoms with E-state index in [0.717, 1.165) is 32.4 Å². The summed E-state index contributed by atoms with van der Waals surface area (Å²) in [6.45, 7) is 4.33. The lowest BCUT2D eigenvalue weighted by Gasteiger charge is -2.34. The smallest absolute Gasteiger partial charge is 0.253 e. The highest BCUT2D eigenvalue weighted by atomic mass is 16.3. The zero-order chi connectivity index (χ0) is 15.9. The highest BCUT2D eigenvalue weighted by molar-refractivity contribution is 5.95. The normalized spacial score (nSPS) is 19.1. The number of carbonyl (C=O) groups excluding carboxylic acids is 1. The number of carbonyl (C=O) groups is 1. The van der Waals surface area contributed by atoms with E-state index in [1.165, 1.54) is 6.07 Å². The minimum absolute atomic E-state index is 0.161. The average Bonchev–Trinajstić information content (AvgIpc) is 2.54. The summed E-state index contributed by atoms with van der Waals surface area (Å²) in [7, 11) is 0. The number of pyridine rings is 1. The van der Waals surface area contributed by atoms with Crippen molar-refractivity contribution in [2.75, 3.05) is 26.2 Å². The van der Waals surface area contributed by atoms with Crippen molar-refractivity contribution in [2.45, 2.75) is 38.6 Å². The van der Waals surface area contributed by atoms with Gasteiger partial charge in [0.1, 0.15) is 0 Å². The summed E-state index contributed by atoms with van der Waals surface area (Å²) in [6, 6.07) is 3.16. The van der Waals surface area contributed by atoms with Crippen LogP contribution in [0.4, 0.5) is 0 Å². The molecule has 1 aliphatic rings. The van der Waals surface area contributed by atoms with Gasteiger partial charge in [-0.25, -0.2) is 0 Å². The topological polar surface area (TPSA) is 85.4 Å². The van der Waals surface area contributed by atoms with Crippen molar-refractivity contribution >= 4 is 5.91 Å². The van der Waals surface area contributed by atoms with Crippen LogP contribution in [0.2, 0.25) is 0 Å². The zero-order valence-electron chi connectivity index (χ0n) is 13.1. The number of piperidine rings is 1. The largest absolute Gasteiger partial charge is 0.395 e. The van der Waals surface area contributed by atoms with Crippen LogP contribution in [0.5, 0.6) is 0 Å². The Hall–Kier alpha value is -1.66. The molecule has 122 valence electrons. The Morgan fingerprint density at radius 3 is 3.00 bits per heavy atom. The van der Waals surface area contributed by atoms with E-state index in [0.29, 0.717) is 24.2 Å². The quantitative estimate of drug-likeness (QED) is 0.715. The maximum Gasteiger partial charge on any atom is 0.253 e. The molecule has 3 N–H and O–H groups in total. The SMILES string of the molecule is CCc1[nH]c(=O)ccc1C(=O)NCCN1CCCCC1CO. The minimum Gasteiger partial charge on any atom is -0.395 e. The van der Waals surface area contributed by atoms with Crippen LogP contribution in [-0.4, -0.2) is 53.2 Å². The number of aromatic nitrogens is 1. The second-order valence-corrected chi connectivity index (χ2v) is 5.69. The molecule has 1 amide bonds. The van der Waals surface area contributed by atoms with Gasteiger partial charge in [-0.3, -0.25) is 14.5 Å². The van der Waals surface area contributed by atoms with Crippen LogP contribution in [0.3, 0.4) is 0 Å². The second-order valence-electron chi connectivity index (χ2n) is 5.69. The van der Waals surface area contributed by atoms with Crippen LogP contribution in [0.1, 0.15) is 42.2 Å². The van der Waals surface area contributed by atoms with Gasteiger partial charge in [0.25, 0.3) is 5.91 Å². The van der Waals surface area contributed by atoms with Gasteiger partial charge in [0, 0.05) is 30.9 Å². The number of aromatic amines is 1. The lowest BCUT2D eigenvalue weighted by Crippen LogP contribution is -2.45. The standard InChI is InChI=1S/C16H25N3O3/c1-2-14-13(6-7-15(21)18-14)16(22)17-8-10-19-9-4-3-5-12(19)11-20/h6-7,12,20H,2-5,8-11H2,1H3,(H,17,22)(H,18,21). The van der Waals surface area contributed by atoms with Gasteiger partial charge in [-0.05, 0) is 31.9 Å². The number of aliphatic hydroxyl groups excluding tert-OH is 1. The molecule has 2 heterocycles. The predicted molar refractivity (Wildman–Crippen MR) is 85.1 cm³/mol. The fraction of sp³-hybridized carbons (Fsp3) is 0.625. The van der Waals surface area contributed by atoms with E-state index >= 15 is 0 Å². The van der Waals surface area contributed by atoms with Crippen molar-refractivity contribution in [2.24, 2.45) is 0 Å². The second kappa shape index (κ2) is 8.10. The first-order chi connectivity index (χ1) is 10.7. The number of amides is 1. The molecule has 0 saturated carbocycles. The maximum atomic E-state index is 12.2. The molecule has 1 aromatic rings. The van der Waals surface area contributed by atoms with E-state index in [9.17, 15) is 14.7 Å². The van der Waals surface area contributed by atoms with E-state index in [2.05, 4.69) is 15.2 Å². The van der Waals surface area contributed by atoms with Crippen molar-refractivity contribution in [1.29, 1.82) is 0 Å². The predicted octanol–water partition coefficient (Wildman–Crippen LogP) is 0.514. The third kappa shape index (κ3) is 4.18. The first-order valence-corrected chi connectivity index (χ1v) is 8.01. The van der Waals surface area contributed by atoms with Gasteiger partial charge in [0.05, 0.1) is 12.2 Å². The highest BCUT2D eigenvalue weighted by Crippen LogP contribution is 2.15. The summed E-state index contributed by atoms with van der Waals surface area (Å²) in [5, 5.41) is 12.3. The van der Waals surface area contributed by atoms with Crippen LogP contribution >= 0.6 is 0 Å². The fourth-order valence-corrected chi connectivity index (χ4v) is 2.98. The van der Waals surface area contributed by atoms with Gasteiger partial charge < -0.3 is 15.4 Å². The van der Waals surface area contributed by atoms with Crippen molar-refractivity contribution in [3.8, 4) is 0 Å². The molecule has 0 spiro atoms. The summed E-state index contributed by atoms with van der Waals surface area (Å²) in [5.74, 6) is -0.161. The van der Waals surface area contributed by atoms with Crippen LogP contribution in [0, 0.1) is 0 Å². The van der Waals surface area contributed by atoms with E-state index in [1.54, 1.807) is 6.07 Å². The number of likely N-dealkylation sites (tertiary alicyclic amines) is 1. The zero-order valence-corrected chi connectivity index (χ0v) is 13.1. The molecule has 0 radical (unpaired) electrons. The summed E-state index contributed by atoms with van der Waals surface area (Å²) >= 11 is 0. The number of hydrogen-bond acceptors (Lipinski definition) is 4. The van der Waals surface area contributed by atoms with E-state index in [4.69, 9.17) is 0 Å². The van der Waals surface area contributed by atoms with Crippen molar-refractivity contribution < 1.29 is 9.90 Å². The maximum absolute atomic E-state index is 12.2. The molecule has 1 fully saturated rings. The van der Waals surface area contributed by atoms with Gasteiger partial charge in [-0.2, -0.15) is 0 Å². The first-order valence-electron chi connectivity index (χ1n) is 8.01. The molecule has 1 atom stereocenters. The van der Waals surface area contributed by atoms with Crippen LogP contribution in [-0.2, 0) is 6.42 Å². The highest BCUT2D eigenvalue weighted by Gasteiger charge is 2.21. The summed E-state index contributed by atoms with van der Waals surface area (Å²) < 4.78 is 0. The van der Waals surface area contributed by atoms with Gasteiger partial charge in [0.2, 0.25) is 5.56 Å². The third-order valence-electron chi connectivity index (χ3n) is 4.24. The molecule has 6 heteroatoms. The van der Waals surface area contributed by atoms with Crippen LogP contribution in [0.15, 0.2) is 16.9 Å². The molecule has 6 nitrogen and oxygen atoms in total. The Bertz CT molecular complexity index is 556. The Balaban J connectivity index is 1.89. The first kappa shape index (κ1) is 16.7. The molecule has 0 aliphatic carbocycles. The Labute approximate surface area is 130 Å². The number of nitrogens with zero attached hydrogens (tertiary/aromatic N) is 1. The molecule has 1 unspecified atom stereocenters. The number of rotatable bonds is 6. The average molecular weight is 307 g/mol. The van der Waals surface area contributed by atoms with Gasteiger partial charge in [-0.1, -0.05) is 13.3 Å². The minimum atomic E-state index is -0.187. The molecule has 1 aromatic heterocycles. The lowest BCUT2D eigenvalue weighted by atomic mass is 10.0. The van der Waals surface area contributed by atoms with Gasteiger partial charge in [-0.15, -0.1) is 0 Å². The fourth-order valence-electron chi connectivity index (χ4n) is 2.98. The van der Waals surface area contributed by atoms with Crippen LogP contribution in [0.25, 0.3) is 0 Å². The monoisotopic (exact) mass is 307 g/mol. The lowest BCUT2D eigenvalue weighted by molar-refractivity contribution is 0.0848. The number of nitrogens with one attached hydrogen (secondary N) is 2. The summed E-state index contributed by atoms with van der Waals surface area (Å²) in [5.41, 5.74) is 1.00. The van der Waals surface area contributed by atoms with Gasteiger partial charge in [0.15, 0.2) is 0 Å². The molecule has 1 aliphatic heterocycles. The number of H-pyrrole nitrogens is 1. The Morgan fingerprint density at radius 1 is 1.45 bits per heavy atom. The third-order valence-corrected chi connectivity index (χ3v) is 4.24. The van der Waals surface area contributed by atoms with Crippen molar-refractivity contribution in [1.82, 2.24) is 15.2 Å². The molecule has 2 rings (SSSR count). The molecule has 1 saturated heterocycles. The van der Waals surface area contributed by atoms with Crippen molar-refractivity contribution in [3.63, 3.8) is 0 Å². The Kier molecular flexibility index (Phi) is 6.15.